The van der Waals surface area contributed by atoms with Crippen molar-refractivity contribution < 1.29 is 38.1 Å². The Hall–Kier alpha value is -8.25. The summed E-state index contributed by atoms with van der Waals surface area (Å²) in [5.41, 5.74) is 22.4. The number of nitrogen functional groups attached to an aromatic ring is 2. The molecule has 19 heteroatoms. The van der Waals surface area contributed by atoms with Crippen molar-refractivity contribution in [2.75, 3.05) is 11.5 Å². The number of rotatable bonds is 5. The maximum atomic E-state index is 10.8. The molecule has 0 saturated heterocycles. The molecule has 2 saturated carbocycles. The second-order valence-electron chi connectivity index (χ2n) is 21.9. The van der Waals surface area contributed by atoms with Crippen molar-refractivity contribution in [2.45, 2.75) is 173 Å². The van der Waals surface area contributed by atoms with Crippen LogP contribution in [0.15, 0.2) is 127 Å². The molecular formula is C65H76ClN7O11. The van der Waals surface area contributed by atoms with Crippen LogP contribution in [0.2, 0.25) is 5.02 Å². The lowest BCUT2D eigenvalue weighted by Crippen LogP contribution is -1.98. The first-order valence-electron chi connectivity index (χ1n) is 29.7. The lowest BCUT2D eigenvalue weighted by atomic mass is 10.1. The minimum Gasteiger partial charge on any atom is -0.461 e. The van der Waals surface area contributed by atoms with E-state index in [-0.39, 0.29) is 22.0 Å². The number of nitro benzene ring substituents is 3. The zero-order valence-electron chi connectivity index (χ0n) is 47.7. The molecule has 8 aromatic rings. The molecule has 444 valence electrons. The van der Waals surface area contributed by atoms with Crippen molar-refractivity contribution in [2.24, 2.45) is 10.3 Å². The molecule has 0 radical (unpaired) electrons. The molecule has 13 rings (SSSR count). The van der Waals surface area contributed by atoms with Gasteiger partial charge in [0.1, 0.15) is 34.0 Å². The maximum absolute atomic E-state index is 10.8. The molecule has 0 atom stereocenters. The highest BCUT2D eigenvalue weighted by atomic mass is 35.5. The van der Waals surface area contributed by atoms with Gasteiger partial charge in [-0.05, 0) is 176 Å². The van der Waals surface area contributed by atoms with E-state index in [1.54, 1.807) is 24.3 Å². The third-order valence-electron chi connectivity index (χ3n) is 15.7. The summed E-state index contributed by atoms with van der Waals surface area (Å²) >= 11 is 5.49. The SMILES string of the molecule is Nc1ccc2oc3c(c2c1)CCCCC3.Nc1ccc2oc3c(c2c1)CCCCC3.O=[N+]([O-])c1ccc(Cl)cc1.O=[N+]([O-])c1ccc(ON=C2CCCCCC2)cc1.O=[N+]([O-])c1ccc2oc3c(c2c1)CCCCC3.ON=C1CCCCCC1. The van der Waals surface area contributed by atoms with Gasteiger partial charge in [0, 0.05) is 105 Å². The van der Waals surface area contributed by atoms with Gasteiger partial charge in [0.2, 0.25) is 0 Å². The number of hydrogen-bond acceptors (Lipinski definition) is 15. The second kappa shape index (κ2) is 31.4. The van der Waals surface area contributed by atoms with Crippen LogP contribution in [0.1, 0.15) is 169 Å². The van der Waals surface area contributed by atoms with Gasteiger partial charge in [-0.3, -0.25) is 30.3 Å². The van der Waals surface area contributed by atoms with E-state index in [9.17, 15) is 30.3 Å². The monoisotopic (exact) mass is 1170 g/mol. The molecule has 0 spiro atoms. The fourth-order valence-corrected chi connectivity index (χ4v) is 11.4. The van der Waals surface area contributed by atoms with Crippen LogP contribution in [0.25, 0.3) is 32.9 Å². The number of fused-ring (bicyclic) bond motifs is 9. The molecule has 5 aliphatic carbocycles. The first kappa shape index (κ1) is 61.8. The average Bonchev–Trinajstić information content (AvgIpc) is 3.87. The number of nitro groups is 3. The van der Waals surface area contributed by atoms with E-state index in [0.717, 1.165) is 128 Å². The summed E-state index contributed by atoms with van der Waals surface area (Å²) in [7, 11) is 0. The number of nitrogens with two attached hydrogens (primary N) is 2. The van der Waals surface area contributed by atoms with Gasteiger partial charge in [-0.1, -0.05) is 66.9 Å². The molecule has 3 heterocycles. The molecule has 84 heavy (non-hydrogen) atoms. The van der Waals surface area contributed by atoms with Crippen LogP contribution < -0.4 is 16.3 Å². The number of non-ortho nitro benzene ring substituents is 3. The summed E-state index contributed by atoms with van der Waals surface area (Å²) in [6.45, 7) is 0. The third kappa shape index (κ3) is 17.9. The van der Waals surface area contributed by atoms with Crippen molar-refractivity contribution in [3.8, 4) is 5.75 Å². The predicted molar refractivity (Wildman–Crippen MR) is 332 cm³/mol. The summed E-state index contributed by atoms with van der Waals surface area (Å²) in [6.07, 6.45) is 31.5. The topological polar surface area (TPSA) is 275 Å². The maximum Gasteiger partial charge on any atom is 0.270 e. The van der Waals surface area contributed by atoms with Crippen molar-refractivity contribution in [3.05, 3.63) is 172 Å². The number of furan rings is 3. The number of hydrogen-bond donors (Lipinski definition) is 3. The van der Waals surface area contributed by atoms with E-state index in [2.05, 4.69) is 10.3 Å². The Kier molecular flexibility index (Phi) is 23.1. The molecule has 18 nitrogen and oxygen atoms in total. The van der Waals surface area contributed by atoms with E-state index in [1.165, 1.54) is 178 Å². The molecule has 0 amide bonds. The minimum atomic E-state index is -0.462. The van der Waals surface area contributed by atoms with Crippen molar-refractivity contribution >= 4 is 84.4 Å². The zero-order valence-corrected chi connectivity index (χ0v) is 48.5. The summed E-state index contributed by atoms with van der Waals surface area (Å²) in [6, 6.07) is 28.4. The number of aryl methyl sites for hydroxylation is 6. The Morgan fingerprint density at radius 3 is 1.15 bits per heavy atom. The fraction of sp³-hybridized carbons (Fsp3) is 0.415. The molecule has 0 aliphatic heterocycles. The molecule has 5 aromatic carbocycles. The number of halogens is 1. The lowest BCUT2D eigenvalue weighted by Gasteiger charge is -2.02. The number of anilines is 2. The van der Waals surface area contributed by atoms with Crippen LogP contribution in [0.4, 0.5) is 28.4 Å². The average molecular weight is 1170 g/mol. The quantitative estimate of drug-likeness (QED) is 0.0361. The summed E-state index contributed by atoms with van der Waals surface area (Å²) in [5.74, 6) is 3.94. The van der Waals surface area contributed by atoms with Gasteiger partial charge in [0.05, 0.1) is 26.2 Å². The van der Waals surface area contributed by atoms with Gasteiger partial charge in [-0.25, -0.2) is 0 Å². The highest BCUT2D eigenvalue weighted by Gasteiger charge is 2.21. The Bertz CT molecular complexity index is 3420. The normalized spacial score (nSPS) is 15.7. The van der Waals surface area contributed by atoms with Crippen LogP contribution in [-0.4, -0.2) is 31.4 Å². The van der Waals surface area contributed by atoms with E-state index in [4.69, 9.17) is 46.4 Å². The number of benzene rings is 5. The van der Waals surface area contributed by atoms with Crippen LogP contribution in [-0.2, 0) is 38.5 Å². The summed E-state index contributed by atoms with van der Waals surface area (Å²) in [4.78, 5) is 35.4. The van der Waals surface area contributed by atoms with E-state index >= 15 is 0 Å². The minimum absolute atomic E-state index is 0.0596. The number of nitrogens with zero attached hydrogens (tertiary/aromatic N) is 5. The molecule has 3 aromatic heterocycles. The zero-order chi connectivity index (χ0) is 59.2. The van der Waals surface area contributed by atoms with Gasteiger partial charge >= 0.3 is 0 Å². The number of oxime groups is 2. The predicted octanol–water partition coefficient (Wildman–Crippen LogP) is 18.3. The largest absolute Gasteiger partial charge is 0.461 e. The van der Waals surface area contributed by atoms with E-state index in [0.29, 0.717) is 10.8 Å². The van der Waals surface area contributed by atoms with Gasteiger partial charge in [-0.2, -0.15) is 0 Å². The summed E-state index contributed by atoms with van der Waals surface area (Å²) < 4.78 is 17.5. The fourth-order valence-electron chi connectivity index (χ4n) is 11.2. The molecule has 0 unspecified atom stereocenters. The van der Waals surface area contributed by atoms with Crippen molar-refractivity contribution in [1.29, 1.82) is 0 Å². The summed E-state index contributed by atoms with van der Waals surface area (Å²) in [5, 5.41) is 51.0. The third-order valence-corrected chi connectivity index (χ3v) is 16.0. The van der Waals surface area contributed by atoms with E-state index < -0.39 is 9.85 Å². The standard InChI is InChI=1S/C13H16N2O3.C13H13NO3.2C13H15NO.C7H13NO.C6H4ClNO2/c16-15(17)12-7-9-13(10-8-12)18-14-11-5-3-1-2-4-6-11;15-14(16)9-6-7-13-11(8-9)10-4-2-1-3-5-12(10)17-13;2*14-9-6-7-13-11(8-9)10-4-2-1-3-5-12(10)15-13;9-8-7-5-3-1-2-4-6-7;7-5-1-3-6(4-2-5)8(9)10/h7-10H,1-6H2;6-8H,1-5H2;2*6-8H,1-5,14H2;9H,1-6H2;1-4H. The smallest absolute Gasteiger partial charge is 0.270 e. The van der Waals surface area contributed by atoms with Gasteiger partial charge in [0.25, 0.3) is 17.1 Å². The van der Waals surface area contributed by atoms with Crippen LogP contribution in [0, 0.1) is 30.3 Å². The molecule has 5 aliphatic rings. The molecule has 0 bridgehead atoms. The van der Waals surface area contributed by atoms with E-state index in [1.807, 2.05) is 36.4 Å². The van der Waals surface area contributed by atoms with Crippen LogP contribution >= 0.6 is 11.6 Å². The lowest BCUT2D eigenvalue weighted by molar-refractivity contribution is -0.385. The Morgan fingerprint density at radius 2 is 0.750 bits per heavy atom. The molecule has 2 fully saturated rings. The van der Waals surface area contributed by atoms with Crippen LogP contribution in [0.5, 0.6) is 5.75 Å². The molecule has 5 N–H and O–H groups in total. The Labute approximate surface area is 493 Å². The first-order chi connectivity index (χ1) is 40.8. The van der Waals surface area contributed by atoms with Gasteiger partial charge in [-0.15, -0.1) is 0 Å². The second-order valence-corrected chi connectivity index (χ2v) is 22.3. The van der Waals surface area contributed by atoms with Gasteiger partial charge in [0.15, 0.2) is 5.75 Å². The van der Waals surface area contributed by atoms with Gasteiger partial charge < -0.3 is 34.8 Å². The Morgan fingerprint density at radius 1 is 0.417 bits per heavy atom. The Balaban J connectivity index is 0.000000133. The molecular weight excluding hydrogens is 1090 g/mol. The highest BCUT2D eigenvalue weighted by molar-refractivity contribution is 6.30. The van der Waals surface area contributed by atoms with Crippen LogP contribution in [0.3, 0.4) is 0 Å². The first-order valence-corrected chi connectivity index (χ1v) is 30.1. The van der Waals surface area contributed by atoms with Crippen molar-refractivity contribution in [3.63, 3.8) is 0 Å². The van der Waals surface area contributed by atoms with Crippen molar-refractivity contribution in [1.82, 2.24) is 0 Å². The highest BCUT2D eigenvalue weighted by Crippen LogP contribution is 2.36.